The van der Waals surface area contributed by atoms with Gasteiger partial charge in [0.25, 0.3) is 5.56 Å². The van der Waals surface area contributed by atoms with Crippen molar-refractivity contribution in [3.8, 4) is 0 Å². The number of aromatic nitrogens is 2. The van der Waals surface area contributed by atoms with Crippen molar-refractivity contribution in [1.29, 1.82) is 0 Å². The maximum absolute atomic E-state index is 12.6. The SMILES string of the molecule is Cc1cncc(/C=C\C(=O)N2C[C@@H]3C[C@H](C2)c2cccc(=O)n2C3)c1. The van der Waals surface area contributed by atoms with E-state index in [1.165, 1.54) is 0 Å². The molecule has 0 aromatic carbocycles. The molecule has 0 N–H and O–H groups in total. The first kappa shape index (κ1) is 15.8. The van der Waals surface area contributed by atoms with Crippen molar-refractivity contribution in [3.05, 3.63) is 69.9 Å². The highest BCUT2D eigenvalue weighted by molar-refractivity contribution is 5.91. The van der Waals surface area contributed by atoms with Crippen LogP contribution in [-0.4, -0.2) is 33.4 Å². The van der Waals surface area contributed by atoms with Gasteiger partial charge in [0.2, 0.25) is 5.91 Å². The van der Waals surface area contributed by atoms with Crippen LogP contribution in [0.2, 0.25) is 0 Å². The Bertz CT molecular complexity index is 900. The molecule has 1 amide bonds. The molecule has 0 saturated carbocycles. The number of likely N-dealkylation sites (tertiary alicyclic amines) is 1. The van der Waals surface area contributed by atoms with Crippen LogP contribution in [0.15, 0.2) is 47.5 Å². The van der Waals surface area contributed by atoms with Crippen LogP contribution >= 0.6 is 0 Å². The average molecular weight is 335 g/mol. The summed E-state index contributed by atoms with van der Waals surface area (Å²) in [6.07, 6.45) is 8.06. The summed E-state index contributed by atoms with van der Waals surface area (Å²) in [5.74, 6) is 0.631. The van der Waals surface area contributed by atoms with Crippen LogP contribution < -0.4 is 5.56 Å². The summed E-state index contributed by atoms with van der Waals surface area (Å²) < 4.78 is 1.88. The number of fused-ring (bicyclic) bond motifs is 4. The number of pyridine rings is 2. The fraction of sp³-hybridized carbons (Fsp3) is 0.350. The standard InChI is InChI=1S/C20H21N3O2/c1-14-7-15(10-21-9-14)5-6-19(24)22-11-16-8-17(13-22)18-3-2-4-20(25)23(18)12-16/h2-7,9-10,16-17H,8,11-13H2,1H3/b6-5-/t16-,17+/m0/s1. The van der Waals surface area contributed by atoms with Gasteiger partial charge in [-0.2, -0.15) is 0 Å². The molecule has 2 aromatic rings. The van der Waals surface area contributed by atoms with Gasteiger partial charge in [-0.25, -0.2) is 0 Å². The zero-order valence-corrected chi connectivity index (χ0v) is 14.3. The second-order valence-corrected chi connectivity index (χ2v) is 7.07. The Labute approximate surface area is 146 Å². The van der Waals surface area contributed by atoms with Gasteiger partial charge in [0.15, 0.2) is 0 Å². The van der Waals surface area contributed by atoms with E-state index < -0.39 is 0 Å². The van der Waals surface area contributed by atoms with E-state index in [4.69, 9.17) is 0 Å². The van der Waals surface area contributed by atoms with Crippen LogP contribution in [0.25, 0.3) is 6.08 Å². The second kappa shape index (κ2) is 6.31. The van der Waals surface area contributed by atoms with E-state index in [9.17, 15) is 9.59 Å². The van der Waals surface area contributed by atoms with E-state index in [0.29, 0.717) is 25.6 Å². The van der Waals surface area contributed by atoms with Crippen molar-refractivity contribution in [2.24, 2.45) is 5.92 Å². The Morgan fingerprint density at radius 3 is 2.96 bits per heavy atom. The molecule has 0 spiro atoms. The number of piperidine rings is 1. The second-order valence-electron chi connectivity index (χ2n) is 7.07. The summed E-state index contributed by atoms with van der Waals surface area (Å²) in [7, 11) is 0. The van der Waals surface area contributed by atoms with Gasteiger partial charge in [-0.05, 0) is 48.6 Å². The number of rotatable bonds is 2. The first-order valence-electron chi connectivity index (χ1n) is 8.68. The molecule has 4 heterocycles. The number of carbonyl (C=O) groups is 1. The minimum absolute atomic E-state index is 0.0305. The molecule has 0 unspecified atom stereocenters. The molecule has 2 atom stereocenters. The van der Waals surface area contributed by atoms with E-state index in [0.717, 1.165) is 23.2 Å². The van der Waals surface area contributed by atoms with Crippen molar-refractivity contribution < 1.29 is 4.79 Å². The van der Waals surface area contributed by atoms with Gasteiger partial charge in [-0.3, -0.25) is 14.6 Å². The van der Waals surface area contributed by atoms with Crippen molar-refractivity contribution in [2.75, 3.05) is 13.1 Å². The molecule has 2 aromatic heterocycles. The third-order valence-electron chi connectivity index (χ3n) is 5.11. The Morgan fingerprint density at radius 1 is 1.24 bits per heavy atom. The molecule has 2 aliphatic heterocycles. The quantitative estimate of drug-likeness (QED) is 0.791. The molecule has 128 valence electrons. The Kier molecular flexibility index (Phi) is 3.99. The van der Waals surface area contributed by atoms with Gasteiger partial charge in [0, 0.05) is 55.8 Å². The molecule has 2 bridgehead atoms. The topological polar surface area (TPSA) is 55.2 Å². The number of amides is 1. The first-order valence-corrected chi connectivity index (χ1v) is 8.68. The third kappa shape index (κ3) is 3.14. The van der Waals surface area contributed by atoms with E-state index in [-0.39, 0.29) is 17.4 Å². The van der Waals surface area contributed by atoms with Crippen LogP contribution in [0, 0.1) is 12.8 Å². The molecule has 5 heteroatoms. The molecule has 1 saturated heterocycles. The Balaban J connectivity index is 1.52. The van der Waals surface area contributed by atoms with Crippen LogP contribution in [0.3, 0.4) is 0 Å². The minimum Gasteiger partial charge on any atom is -0.338 e. The summed E-state index contributed by atoms with van der Waals surface area (Å²) in [5.41, 5.74) is 3.14. The van der Waals surface area contributed by atoms with Gasteiger partial charge in [0.1, 0.15) is 0 Å². The highest BCUT2D eigenvalue weighted by Gasteiger charge is 2.35. The number of nitrogens with zero attached hydrogens (tertiary/aromatic N) is 3. The van der Waals surface area contributed by atoms with Crippen molar-refractivity contribution in [3.63, 3.8) is 0 Å². The van der Waals surface area contributed by atoms with E-state index in [2.05, 4.69) is 4.98 Å². The van der Waals surface area contributed by atoms with Crippen molar-refractivity contribution >= 4 is 12.0 Å². The Morgan fingerprint density at radius 2 is 2.12 bits per heavy atom. The van der Waals surface area contributed by atoms with Gasteiger partial charge in [-0.15, -0.1) is 0 Å². The van der Waals surface area contributed by atoms with Crippen LogP contribution in [-0.2, 0) is 11.3 Å². The van der Waals surface area contributed by atoms with Crippen molar-refractivity contribution in [1.82, 2.24) is 14.5 Å². The minimum atomic E-state index is 0.0305. The fourth-order valence-corrected chi connectivity index (χ4v) is 4.02. The first-order chi connectivity index (χ1) is 12.1. The largest absolute Gasteiger partial charge is 0.338 e. The van der Waals surface area contributed by atoms with Gasteiger partial charge in [-0.1, -0.05) is 6.07 Å². The molecule has 4 rings (SSSR count). The lowest BCUT2D eigenvalue weighted by atomic mass is 9.83. The predicted octanol–water partition coefficient (Wildman–Crippen LogP) is 2.21. The lowest BCUT2D eigenvalue weighted by molar-refractivity contribution is -0.128. The van der Waals surface area contributed by atoms with Gasteiger partial charge >= 0.3 is 0 Å². The molecular formula is C20H21N3O2. The average Bonchev–Trinajstić information content (AvgIpc) is 2.60. The number of aryl methyl sites for hydroxylation is 1. The molecule has 0 aliphatic carbocycles. The third-order valence-corrected chi connectivity index (χ3v) is 5.11. The zero-order chi connectivity index (χ0) is 17.4. The fourth-order valence-electron chi connectivity index (χ4n) is 4.02. The van der Waals surface area contributed by atoms with Crippen LogP contribution in [0.5, 0.6) is 0 Å². The van der Waals surface area contributed by atoms with E-state index >= 15 is 0 Å². The molecule has 2 aliphatic rings. The number of hydrogen-bond donors (Lipinski definition) is 0. The van der Waals surface area contributed by atoms with E-state index in [1.807, 2.05) is 40.7 Å². The molecule has 5 nitrogen and oxygen atoms in total. The van der Waals surface area contributed by atoms with Crippen molar-refractivity contribution in [2.45, 2.75) is 25.8 Å². The predicted molar refractivity (Wildman–Crippen MR) is 96.1 cm³/mol. The summed E-state index contributed by atoms with van der Waals surface area (Å²) in [5, 5.41) is 0. The lowest BCUT2D eigenvalue weighted by Gasteiger charge is -2.42. The molecular weight excluding hydrogens is 314 g/mol. The normalized spacial score (nSPS) is 22.0. The van der Waals surface area contributed by atoms with Crippen LogP contribution in [0.4, 0.5) is 0 Å². The van der Waals surface area contributed by atoms with Gasteiger partial charge in [0.05, 0.1) is 0 Å². The van der Waals surface area contributed by atoms with Crippen LogP contribution in [0.1, 0.15) is 29.2 Å². The Hall–Kier alpha value is -2.69. The highest BCUT2D eigenvalue weighted by atomic mass is 16.2. The zero-order valence-electron chi connectivity index (χ0n) is 14.3. The summed E-state index contributed by atoms with van der Waals surface area (Å²) in [6, 6.07) is 7.46. The van der Waals surface area contributed by atoms with Gasteiger partial charge < -0.3 is 9.47 Å². The smallest absolute Gasteiger partial charge is 0.250 e. The molecule has 1 fully saturated rings. The molecule has 0 radical (unpaired) electrons. The lowest BCUT2D eigenvalue weighted by Crippen LogP contribution is -2.48. The molecule has 25 heavy (non-hydrogen) atoms. The number of hydrogen-bond acceptors (Lipinski definition) is 3. The monoisotopic (exact) mass is 335 g/mol. The summed E-state index contributed by atoms with van der Waals surface area (Å²) in [6.45, 7) is 4.08. The maximum atomic E-state index is 12.6. The summed E-state index contributed by atoms with van der Waals surface area (Å²) >= 11 is 0. The number of carbonyl (C=O) groups excluding carboxylic acids is 1. The summed E-state index contributed by atoms with van der Waals surface area (Å²) in [4.78, 5) is 30.7. The highest BCUT2D eigenvalue weighted by Crippen LogP contribution is 2.34. The maximum Gasteiger partial charge on any atom is 0.250 e. The van der Waals surface area contributed by atoms with E-state index in [1.54, 1.807) is 24.5 Å².